The summed E-state index contributed by atoms with van der Waals surface area (Å²) in [6, 6.07) is 10.7. The molecule has 3 aliphatic heterocycles. The molecule has 4 rings (SSSR count). The van der Waals surface area contributed by atoms with Gasteiger partial charge in [-0.3, -0.25) is 19.4 Å². The highest BCUT2D eigenvalue weighted by Gasteiger charge is 2.44. The van der Waals surface area contributed by atoms with Crippen LogP contribution in [0.25, 0.3) is 0 Å². The summed E-state index contributed by atoms with van der Waals surface area (Å²) in [6.07, 6.45) is 2.34. The van der Waals surface area contributed by atoms with Crippen LogP contribution in [0.2, 0.25) is 0 Å². The maximum Gasteiger partial charge on any atom is 0.239 e. The van der Waals surface area contributed by atoms with Gasteiger partial charge in [-0.2, -0.15) is 0 Å². The van der Waals surface area contributed by atoms with Crippen LogP contribution in [0.15, 0.2) is 30.3 Å². The maximum absolute atomic E-state index is 12.9. The van der Waals surface area contributed by atoms with Gasteiger partial charge < -0.3 is 15.1 Å². The summed E-state index contributed by atoms with van der Waals surface area (Å²) < 4.78 is 0. The molecule has 0 saturated carbocycles. The highest BCUT2D eigenvalue weighted by molar-refractivity contribution is 5.83. The molecule has 1 N–H and O–H groups in total. The van der Waals surface area contributed by atoms with E-state index >= 15 is 0 Å². The lowest BCUT2D eigenvalue weighted by atomic mass is 10.0. The fourth-order valence-electron chi connectivity index (χ4n) is 5.15. The van der Waals surface area contributed by atoms with Crippen molar-refractivity contribution in [3.63, 3.8) is 0 Å². The molecule has 2 amide bonds. The van der Waals surface area contributed by atoms with Crippen LogP contribution in [-0.4, -0.2) is 103 Å². The van der Waals surface area contributed by atoms with E-state index in [-0.39, 0.29) is 29.9 Å². The number of nitrogens with zero attached hydrogens (tertiary/aromatic N) is 4. The predicted molar refractivity (Wildman–Crippen MR) is 117 cm³/mol. The third-order valence-corrected chi connectivity index (χ3v) is 7.13. The van der Waals surface area contributed by atoms with Gasteiger partial charge >= 0.3 is 0 Å². The summed E-state index contributed by atoms with van der Waals surface area (Å²) in [6.45, 7) is 5.90. The summed E-state index contributed by atoms with van der Waals surface area (Å²) >= 11 is 0. The molecule has 30 heavy (non-hydrogen) atoms. The van der Waals surface area contributed by atoms with Crippen LogP contribution in [0, 0.1) is 0 Å². The monoisotopic (exact) mass is 413 g/mol. The van der Waals surface area contributed by atoms with Crippen molar-refractivity contribution in [1.29, 1.82) is 0 Å². The Balaban J connectivity index is 1.35. The van der Waals surface area contributed by atoms with Crippen LogP contribution in [0.4, 0.5) is 0 Å². The third kappa shape index (κ3) is 4.68. The first-order valence-electron chi connectivity index (χ1n) is 11.3. The number of carbonyl (C=O) groups is 2. The molecule has 0 aliphatic carbocycles. The second-order valence-electron chi connectivity index (χ2n) is 9.04. The van der Waals surface area contributed by atoms with Gasteiger partial charge in [0.15, 0.2) is 0 Å². The van der Waals surface area contributed by atoms with Crippen LogP contribution >= 0.6 is 0 Å². The van der Waals surface area contributed by atoms with Gasteiger partial charge in [0.1, 0.15) is 6.04 Å². The molecule has 0 radical (unpaired) electrons. The van der Waals surface area contributed by atoms with E-state index in [1.807, 2.05) is 11.0 Å². The van der Waals surface area contributed by atoms with E-state index < -0.39 is 0 Å². The minimum Gasteiger partial charge on any atom is -0.353 e. The molecule has 1 aromatic carbocycles. The molecule has 164 valence electrons. The quantitative estimate of drug-likeness (QED) is 0.767. The van der Waals surface area contributed by atoms with E-state index in [2.05, 4.69) is 58.4 Å². The minimum absolute atomic E-state index is 0.117. The molecule has 0 bridgehead atoms. The lowest BCUT2D eigenvalue weighted by Gasteiger charge is -2.35. The Hall–Kier alpha value is -1.96. The van der Waals surface area contributed by atoms with Crippen molar-refractivity contribution in [2.75, 3.05) is 53.4 Å². The number of amides is 2. The molecule has 7 nitrogen and oxygen atoms in total. The largest absolute Gasteiger partial charge is 0.353 e. The molecule has 0 aromatic heterocycles. The highest BCUT2D eigenvalue weighted by atomic mass is 16.2. The smallest absolute Gasteiger partial charge is 0.239 e. The van der Waals surface area contributed by atoms with Crippen molar-refractivity contribution in [3.8, 4) is 0 Å². The van der Waals surface area contributed by atoms with Gasteiger partial charge in [0.25, 0.3) is 0 Å². The van der Waals surface area contributed by atoms with Gasteiger partial charge in [0, 0.05) is 64.3 Å². The molecule has 7 heteroatoms. The summed E-state index contributed by atoms with van der Waals surface area (Å²) in [5, 5.41) is 3.17. The zero-order valence-electron chi connectivity index (χ0n) is 18.3. The van der Waals surface area contributed by atoms with Gasteiger partial charge in [-0.1, -0.05) is 30.3 Å². The van der Waals surface area contributed by atoms with Crippen molar-refractivity contribution in [2.24, 2.45) is 0 Å². The van der Waals surface area contributed by atoms with E-state index in [4.69, 9.17) is 0 Å². The SMILES string of the molecule is CN1CCN(C(=O)CC[C@@H]2CNC(=O)[C@H]3[C@@H](CCN3Cc3ccccc3)N2C)CC1. The van der Waals surface area contributed by atoms with Crippen LogP contribution < -0.4 is 5.32 Å². The third-order valence-electron chi connectivity index (χ3n) is 7.13. The fourth-order valence-corrected chi connectivity index (χ4v) is 5.15. The molecule has 3 heterocycles. The molecule has 3 saturated heterocycles. The number of likely N-dealkylation sites (tertiary alicyclic amines) is 1. The fraction of sp³-hybridized carbons (Fsp3) is 0.652. The Kier molecular flexibility index (Phi) is 6.71. The summed E-state index contributed by atoms with van der Waals surface area (Å²) in [5.41, 5.74) is 1.24. The molecule has 3 atom stereocenters. The van der Waals surface area contributed by atoms with Crippen LogP contribution in [-0.2, 0) is 16.1 Å². The Morgan fingerprint density at radius 3 is 2.53 bits per heavy atom. The minimum atomic E-state index is -0.117. The summed E-state index contributed by atoms with van der Waals surface area (Å²) in [7, 11) is 4.24. The molecular formula is C23H35N5O2. The number of nitrogens with one attached hydrogen (secondary N) is 1. The van der Waals surface area contributed by atoms with Crippen molar-refractivity contribution in [3.05, 3.63) is 35.9 Å². The number of likely N-dealkylation sites (N-methyl/N-ethyl adjacent to an activating group) is 2. The Labute approximate surface area is 180 Å². The molecule has 3 aliphatic rings. The zero-order valence-corrected chi connectivity index (χ0v) is 18.3. The van der Waals surface area contributed by atoms with Crippen molar-refractivity contribution in [1.82, 2.24) is 24.9 Å². The molecular weight excluding hydrogens is 378 g/mol. The van der Waals surface area contributed by atoms with E-state index in [0.29, 0.717) is 13.0 Å². The van der Waals surface area contributed by atoms with Gasteiger partial charge in [0.2, 0.25) is 11.8 Å². The number of fused-ring (bicyclic) bond motifs is 1. The molecule has 0 unspecified atom stereocenters. The van der Waals surface area contributed by atoms with Crippen LogP contribution in [0.1, 0.15) is 24.8 Å². The van der Waals surface area contributed by atoms with Gasteiger partial charge in [-0.15, -0.1) is 0 Å². The van der Waals surface area contributed by atoms with E-state index in [9.17, 15) is 9.59 Å². The Morgan fingerprint density at radius 1 is 1.07 bits per heavy atom. The number of piperazine rings is 1. The predicted octanol–water partition coefficient (Wildman–Crippen LogP) is 0.614. The van der Waals surface area contributed by atoms with Gasteiger partial charge in [0.05, 0.1) is 0 Å². The van der Waals surface area contributed by atoms with E-state index in [1.165, 1.54) is 5.56 Å². The zero-order chi connectivity index (χ0) is 21.1. The van der Waals surface area contributed by atoms with Crippen LogP contribution in [0.3, 0.4) is 0 Å². The lowest BCUT2D eigenvalue weighted by molar-refractivity contribution is -0.133. The standard InChI is InChI=1S/C23H35N5O2/c1-25-12-14-27(15-13-25)21(29)9-8-19-16-24-23(30)22-20(26(19)2)10-11-28(22)17-18-6-4-3-5-7-18/h3-7,19-20,22H,8-17H2,1-2H3,(H,24,30)/t19-,20-,22-/m1/s1. The topological polar surface area (TPSA) is 59.1 Å². The van der Waals surface area contributed by atoms with Gasteiger partial charge in [-0.25, -0.2) is 0 Å². The summed E-state index contributed by atoms with van der Waals surface area (Å²) in [4.78, 5) is 34.6. The second kappa shape index (κ2) is 9.45. The first kappa shape index (κ1) is 21.3. The first-order chi connectivity index (χ1) is 14.5. The van der Waals surface area contributed by atoms with E-state index in [1.54, 1.807) is 0 Å². The number of rotatable bonds is 5. The first-order valence-corrected chi connectivity index (χ1v) is 11.3. The normalized spacial score (nSPS) is 28.8. The van der Waals surface area contributed by atoms with Crippen molar-refractivity contribution < 1.29 is 9.59 Å². The average molecular weight is 414 g/mol. The van der Waals surface area contributed by atoms with Crippen LogP contribution in [0.5, 0.6) is 0 Å². The molecule has 1 aromatic rings. The molecule has 0 spiro atoms. The summed E-state index contributed by atoms with van der Waals surface area (Å²) in [5.74, 6) is 0.383. The Morgan fingerprint density at radius 2 is 1.80 bits per heavy atom. The van der Waals surface area contributed by atoms with E-state index in [0.717, 1.165) is 52.1 Å². The maximum atomic E-state index is 12.9. The van der Waals surface area contributed by atoms with Crippen molar-refractivity contribution >= 4 is 11.8 Å². The highest BCUT2D eigenvalue weighted by Crippen LogP contribution is 2.28. The number of carbonyl (C=O) groups excluding carboxylic acids is 2. The number of hydrogen-bond acceptors (Lipinski definition) is 5. The average Bonchev–Trinajstić information content (AvgIpc) is 3.12. The number of hydrogen-bond donors (Lipinski definition) is 1. The second-order valence-corrected chi connectivity index (χ2v) is 9.04. The van der Waals surface area contributed by atoms with Crippen molar-refractivity contribution in [2.45, 2.75) is 43.9 Å². The number of benzene rings is 1. The Bertz CT molecular complexity index is 734. The lowest BCUT2D eigenvalue weighted by Crippen LogP contribution is -2.50. The molecule has 3 fully saturated rings. The van der Waals surface area contributed by atoms with Gasteiger partial charge in [-0.05, 0) is 32.5 Å².